The van der Waals surface area contributed by atoms with Crippen LogP contribution >= 0.6 is 50.5 Å². The van der Waals surface area contributed by atoms with Gasteiger partial charge in [-0.2, -0.15) is 50.5 Å². The normalized spacial score (nSPS) is 11.2. The van der Waals surface area contributed by atoms with E-state index in [1.165, 1.54) is 0 Å². The molecule has 0 rings (SSSR count). The fraction of sp³-hybridized carbons (Fsp3) is 0.840. The molecule has 0 spiro atoms. The lowest BCUT2D eigenvalue weighted by atomic mass is 10.3. The van der Waals surface area contributed by atoms with Gasteiger partial charge in [0.2, 0.25) is 23.6 Å². The number of nitrogens with zero attached hydrogens (tertiary/aromatic N) is 3. The van der Waals surface area contributed by atoms with Gasteiger partial charge in [0.25, 0.3) is 0 Å². The first kappa shape index (κ1) is 39.2. The minimum Gasteiger partial charge on any atom is -0.355 e. The van der Waals surface area contributed by atoms with E-state index in [1.54, 1.807) is 0 Å². The van der Waals surface area contributed by atoms with Crippen molar-refractivity contribution in [2.45, 2.75) is 25.7 Å². The Morgan fingerprint density at radius 2 is 0.700 bits per heavy atom. The SMILES string of the molecule is CN(CCN(CCC(=O)NCCS)CCC(=O)NCCS)CCN(CCC(=O)NCCS)CCC(=O)NCCS. The van der Waals surface area contributed by atoms with Crippen LogP contribution < -0.4 is 21.3 Å². The van der Waals surface area contributed by atoms with E-state index in [-0.39, 0.29) is 23.6 Å². The average Bonchev–Trinajstić information content (AvgIpc) is 2.95. The quantitative estimate of drug-likeness (QED) is 0.0586. The maximum absolute atomic E-state index is 12.1. The lowest BCUT2D eigenvalue weighted by Gasteiger charge is -2.28. The van der Waals surface area contributed by atoms with E-state index in [2.05, 4.69) is 86.5 Å². The molecule has 15 heteroatoms. The summed E-state index contributed by atoms with van der Waals surface area (Å²) in [5.41, 5.74) is 0. The molecule has 0 aliphatic heterocycles. The molecular formula is C25H51N7O4S4. The summed E-state index contributed by atoms with van der Waals surface area (Å²) in [5.74, 6) is 2.23. The molecule has 0 aliphatic rings. The van der Waals surface area contributed by atoms with Crippen molar-refractivity contribution in [3.8, 4) is 0 Å². The Morgan fingerprint density at radius 1 is 0.450 bits per heavy atom. The van der Waals surface area contributed by atoms with Crippen LogP contribution in [0.4, 0.5) is 0 Å². The van der Waals surface area contributed by atoms with E-state index >= 15 is 0 Å². The molecule has 4 N–H and O–H groups in total. The van der Waals surface area contributed by atoms with Gasteiger partial charge < -0.3 is 36.0 Å². The lowest BCUT2D eigenvalue weighted by Crippen LogP contribution is -2.41. The summed E-state index contributed by atoms with van der Waals surface area (Å²) in [5, 5.41) is 11.3. The summed E-state index contributed by atoms with van der Waals surface area (Å²) >= 11 is 16.5. The largest absolute Gasteiger partial charge is 0.355 e. The highest BCUT2D eigenvalue weighted by molar-refractivity contribution is 7.80. The van der Waals surface area contributed by atoms with Gasteiger partial charge in [0.1, 0.15) is 0 Å². The standard InChI is InChI=1S/C25H51N7O4S4/c1-30(14-16-31(10-2-22(33)26-6-18-37)11-3-23(34)27-7-19-38)15-17-32(12-4-24(35)28-8-20-39)13-5-25(36)29-9-21-40/h37-40H,2-21H2,1H3,(H,26,33)(H,27,34)(H,28,35)(H,29,36). The van der Waals surface area contributed by atoms with E-state index in [0.29, 0.717) is 114 Å². The van der Waals surface area contributed by atoms with Gasteiger partial charge in [-0.05, 0) is 7.05 Å². The number of carbonyl (C=O) groups excluding carboxylic acids is 4. The first-order valence-corrected chi connectivity index (χ1v) is 16.4. The molecular weight excluding hydrogens is 591 g/mol. The first-order chi connectivity index (χ1) is 19.2. The second-order valence-corrected chi connectivity index (χ2v) is 11.1. The van der Waals surface area contributed by atoms with Gasteiger partial charge >= 0.3 is 0 Å². The Kier molecular flexibility index (Phi) is 26.5. The molecule has 4 amide bonds. The Morgan fingerprint density at radius 3 is 0.925 bits per heavy atom. The van der Waals surface area contributed by atoms with E-state index in [4.69, 9.17) is 0 Å². The molecule has 0 aromatic heterocycles. The molecule has 0 aromatic carbocycles. The molecule has 0 unspecified atom stereocenters. The smallest absolute Gasteiger partial charge is 0.221 e. The number of thiol groups is 4. The molecule has 11 nitrogen and oxygen atoms in total. The molecule has 40 heavy (non-hydrogen) atoms. The van der Waals surface area contributed by atoms with Gasteiger partial charge in [0.05, 0.1) is 0 Å². The molecule has 0 atom stereocenters. The maximum atomic E-state index is 12.1. The molecule has 0 aromatic rings. The van der Waals surface area contributed by atoms with Gasteiger partial charge in [0, 0.05) is 127 Å². The maximum Gasteiger partial charge on any atom is 0.221 e. The lowest BCUT2D eigenvalue weighted by molar-refractivity contribution is -0.123. The van der Waals surface area contributed by atoms with Crippen molar-refractivity contribution >= 4 is 74.1 Å². The fourth-order valence-electron chi connectivity index (χ4n) is 3.58. The molecule has 0 fully saturated rings. The second-order valence-electron chi connectivity index (χ2n) is 9.28. The molecule has 0 bridgehead atoms. The zero-order valence-electron chi connectivity index (χ0n) is 23.9. The van der Waals surface area contributed by atoms with Crippen molar-refractivity contribution in [1.29, 1.82) is 0 Å². The highest BCUT2D eigenvalue weighted by atomic mass is 32.1. The zero-order valence-corrected chi connectivity index (χ0v) is 27.5. The fourth-order valence-corrected chi connectivity index (χ4v) is 4.03. The summed E-state index contributed by atoms with van der Waals surface area (Å²) in [6.45, 7) is 7.24. The van der Waals surface area contributed by atoms with Crippen LogP contribution in [0.3, 0.4) is 0 Å². The first-order valence-electron chi connectivity index (χ1n) is 13.9. The molecule has 0 aliphatic carbocycles. The molecule has 0 saturated carbocycles. The van der Waals surface area contributed by atoms with Crippen molar-refractivity contribution in [3.63, 3.8) is 0 Å². The summed E-state index contributed by atoms with van der Waals surface area (Å²) < 4.78 is 0. The van der Waals surface area contributed by atoms with E-state index < -0.39 is 0 Å². The number of carbonyl (C=O) groups is 4. The predicted molar refractivity (Wildman–Crippen MR) is 176 cm³/mol. The molecule has 0 radical (unpaired) electrons. The Labute approximate surface area is 262 Å². The summed E-state index contributed by atoms with van der Waals surface area (Å²) in [4.78, 5) is 54.8. The molecule has 234 valence electrons. The predicted octanol–water partition coefficient (Wildman–Crippen LogP) is -0.733. The minimum atomic E-state index is -0.0283. The van der Waals surface area contributed by atoms with Crippen molar-refractivity contribution < 1.29 is 19.2 Å². The minimum absolute atomic E-state index is 0.0283. The number of nitrogens with one attached hydrogen (secondary N) is 4. The zero-order chi connectivity index (χ0) is 30.0. The van der Waals surface area contributed by atoms with Gasteiger partial charge in [-0.15, -0.1) is 0 Å². The van der Waals surface area contributed by atoms with Crippen LogP contribution in [0.2, 0.25) is 0 Å². The number of likely N-dealkylation sites (N-methyl/N-ethyl adjacent to an activating group) is 1. The van der Waals surface area contributed by atoms with Crippen LogP contribution in [0.15, 0.2) is 0 Å². The van der Waals surface area contributed by atoms with Crippen LogP contribution in [-0.2, 0) is 19.2 Å². The van der Waals surface area contributed by atoms with Crippen LogP contribution in [-0.4, -0.2) is 147 Å². The number of hydrogen-bond donors (Lipinski definition) is 8. The number of hydrogen-bond acceptors (Lipinski definition) is 11. The van der Waals surface area contributed by atoms with Gasteiger partial charge in [-0.3, -0.25) is 19.2 Å². The van der Waals surface area contributed by atoms with E-state index in [0.717, 1.165) is 13.1 Å². The summed E-state index contributed by atoms with van der Waals surface area (Å²) in [6.07, 6.45) is 1.42. The third kappa shape index (κ3) is 23.8. The van der Waals surface area contributed by atoms with Crippen molar-refractivity contribution in [3.05, 3.63) is 0 Å². The Bertz CT molecular complexity index is 606. The number of amides is 4. The van der Waals surface area contributed by atoms with Crippen molar-refractivity contribution in [1.82, 2.24) is 36.0 Å². The summed E-state index contributed by atoms with van der Waals surface area (Å²) in [7, 11) is 2.02. The number of rotatable bonds is 26. The topological polar surface area (TPSA) is 126 Å². The van der Waals surface area contributed by atoms with E-state index in [9.17, 15) is 19.2 Å². The average molecular weight is 642 g/mol. The molecule has 0 heterocycles. The monoisotopic (exact) mass is 641 g/mol. The second kappa shape index (κ2) is 27.0. The van der Waals surface area contributed by atoms with Crippen molar-refractivity contribution in [2.24, 2.45) is 0 Å². The Hall–Kier alpha value is -0.840. The summed E-state index contributed by atoms with van der Waals surface area (Å²) in [6, 6.07) is 0. The van der Waals surface area contributed by atoms with Gasteiger partial charge in [-0.25, -0.2) is 0 Å². The van der Waals surface area contributed by atoms with Crippen LogP contribution in [0.5, 0.6) is 0 Å². The van der Waals surface area contributed by atoms with Crippen LogP contribution in [0.1, 0.15) is 25.7 Å². The van der Waals surface area contributed by atoms with Gasteiger partial charge in [-0.1, -0.05) is 0 Å². The van der Waals surface area contributed by atoms with Crippen molar-refractivity contribution in [2.75, 3.05) is 109 Å². The Balaban J connectivity index is 4.86. The third-order valence-electron chi connectivity index (χ3n) is 5.95. The van der Waals surface area contributed by atoms with Crippen LogP contribution in [0.25, 0.3) is 0 Å². The van der Waals surface area contributed by atoms with Crippen LogP contribution in [0, 0.1) is 0 Å². The van der Waals surface area contributed by atoms with Gasteiger partial charge in [0.15, 0.2) is 0 Å². The third-order valence-corrected chi connectivity index (χ3v) is 6.85. The highest BCUT2D eigenvalue weighted by Gasteiger charge is 2.14. The molecule has 0 saturated heterocycles. The highest BCUT2D eigenvalue weighted by Crippen LogP contribution is 2.00. The van der Waals surface area contributed by atoms with E-state index in [1.807, 2.05) is 7.05 Å².